The van der Waals surface area contributed by atoms with Crippen LogP contribution in [0.3, 0.4) is 0 Å². The second kappa shape index (κ2) is 3.28. The van der Waals surface area contributed by atoms with Crippen molar-refractivity contribution in [2.45, 2.75) is 12.5 Å². The maximum Gasteiger partial charge on any atom is 0.128 e. The Hall–Kier alpha value is -1.60. The molecule has 1 aliphatic heterocycles. The molecule has 1 atom stereocenters. The highest BCUT2D eigenvalue weighted by atomic mass is 19.1. The number of hydrogen-bond donors (Lipinski definition) is 1. The van der Waals surface area contributed by atoms with Crippen molar-refractivity contribution in [3.8, 4) is 11.8 Å². The molecule has 0 saturated heterocycles. The quantitative estimate of drug-likeness (QED) is 0.677. The average molecular weight is 192 g/mol. The van der Waals surface area contributed by atoms with Crippen LogP contribution in [0.5, 0.6) is 5.75 Å². The van der Waals surface area contributed by atoms with Gasteiger partial charge in [0.15, 0.2) is 0 Å². The van der Waals surface area contributed by atoms with Crippen LogP contribution >= 0.6 is 0 Å². The fourth-order valence-electron chi connectivity index (χ4n) is 1.63. The highest BCUT2D eigenvalue weighted by molar-refractivity contribution is 5.49. The number of rotatable bonds is 0. The molecule has 72 valence electrons. The normalized spacial score (nSPS) is 19.4. The molecule has 0 bridgehead atoms. The summed E-state index contributed by atoms with van der Waals surface area (Å²) in [6.07, 6.45) is 0.660. The predicted molar refractivity (Wildman–Crippen MR) is 48.2 cm³/mol. The molecule has 1 aromatic rings. The lowest BCUT2D eigenvalue weighted by atomic mass is 9.96. The van der Waals surface area contributed by atoms with E-state index in [0.717, 1.165) is 0 Å². The van der Waals surface area contributed by atoms with Crippen molar-refractivity contribution >= 4 is 0 Å². The van der Waals surface area contributed by atoms with E-state index in [9.17, 15) is 4.39 Å². The zero-order valence-electron chi connectivity index (χ0n) is 7.46. The van der Waals surface area contributed by atoms with E-state index in [1.54, 1.807) is 0 Å². The first-order valence-corrected chi connectivity index (χ1v) is 4.34. The molecule has 0 amide bonds. The molecule has 2 N–H and O–H groups in total. The number of ether oxygens (including phenoxy) is 1. The standard InChI is InChI=1S/C10H9FN2O/c11-7-3-6(5-12)10-8(13)1-2-14-9(10)4-7/h3-4,8H,1-2,13H2/t8-/m1/s1. The maximum atomic E-state index is 13.0. The SMILES string of the molecule is N#Cc1cc(F)cc2c1[C@H](N)CCO2. The Kier molecular flexibility index (Phi) is 2.10. The van der Waals surface area contributed by atoms with Crippen LogP contribution in [0.4, 0.5) is 4.39 Å². The summed E-state index contributed by atoms with van der Waals surface area (Å²) in [6, 6.07) is 4.16. The van der Waals surface area contributed by atoms with Crippen molar-refractivity contribution in [3.63, 3.8) is 0 Å². The molecule has 0 fully saturated rings. The third kappa shape index (κ3) is 1.32. The van der Waals surface area contributed by atoms with Crippen molar-refractivity contribution in [3.05, 3.63) is 29.1 Å². The Labute approximate surface area is 80.9 Å². The molecule has 0 radical (unpaired) electrons. The Morgan fingerprint density at radius 2 is 2.36 bits per heavy atom. The second-order valence-corrected chi connectivity index (χ2v) is 3.22. The van der Waals surface area contributed by atoms with Crippen LogP contribution < -0.4 is 10.5 Å². The number of hydrogen-bond acceptors (Lipinski definition) is 3. The summed E-state index contributed by atoms with van der Waals surface area (Å²) in [5, 5.41) is 8.81. The first kappa shape index (κ1) is 8.97. The van der Waals surface area contributed by atoms with Crippen molar-refractivity contribution in [2.24, 2.45) is 5.73 Å². The van der Waals surface area contributed by atoms with E-state index < -0.39 is 5.82 Å². The summed E-state index contributed by atoms with van der Waals surface area (Å²) >= 11 is 0. The molecular weight excluding hydrogens is 183 g/mol. The average Bonchev–Trinajstić information content (AvgIpc) is 2.16. The third-order valence-electron chi connectivity index (χ3n) is 2.28. The fourth-order valence-corrected chi connectivity index (χ4v) is 1.63. The highest BCUT2D eigenvalue weighted by Crippen LogP contribution is 2.33. The van der Waals surface area contributed by atoms with Crippen LogP contribution in [0, 0.1) is 17.1 Å². The molecule has 0 spiro atoms. The van der Waals surface area contributed by atoms with Gasteiger partial charge in [0.25, 0.3) is 0 Å². The molecule has 0 aliphatic carbocycles. The van der Waals surface area contributed by atoms with Crippen LogP contribution in [-0.2, 0) is 0 Å². The fraction of sp³-hybridized carbons (Fsp3) is 0.300. The first-order valence-electron chi connectivity index (χ1n) is 4.34. The predicted octanol–water partition coefficient (Wildman–Crippen LogP) is 1.48. The van der Waals surface area contributed by atoms with E-state index in [1.165, 1.54) is 12.1 Å². The lowest BCUT2D eigenvalue weighted by Gasteiger charge is -2.23. The molecular formula is C10H9FN2O. The number of nitriles is 1. The number of benzene rings is 1. The first-order chi connectivity index (χ1) is 6.72. The summed E-state index contributed by atoms with van der Waals surface area (Å²) in [5.41, 5.74) is 6.71. The smallest absolute Gasteiger partial charge is 0.128 e. The van der Waals surface area contributed by atoms with Crippen LogP contribution in [0.25, 0.3) is 0 Å². The second-order valence-electron chi connectivity index (χ2n) is 3.22. The minimum absolute atomic E-state index is 0.228. The van der Waals surface area contributed by atoms with E-state index in [2.05, 4.69) is 0 Å². The van der Waals surface area contributed by atoms with Crippen LogP contribution in [-0.4, -0.2) is 6.61 Å². The van der Waals surface area contributed by atoms with E-state index in [0.29, 0.717) is 24.3 Å². The number of nitrogens with zero attached hydrogens (tertiary/aromatic N) is 1. The van der Waals surface area contributed by atoms with Crippen molar-refractivity contribution in [2.75, 3.05) is 6.61 Å². The third-order valence-corrected chi connectivity index (χ3v) is 2.28. The van der Waals surface area contributed by atoms with Crippen molar-refractivity contribution in [1.82, 2.24) is 0 Å². The van der Waals surface area contributed by atoms with Gasteiger partial charge >= 0.3 is 0 Å². The summed E-state index contributed by atoms with van der Waals surface area (Å²) in [5.74, 6) is -0.0605. The Bertz CT molecular complexity index is 411. The van der Waals surface area contributed by atoms with Gasteiger partial charge in [-0.1, -0.05) is 0 Å². The lowest BCUT2D eigenvalue weighted by molar-refractivity contribution is 0.267. The minimum Gasteiger partial charge on any atom is -0.493 e. The summed E-state index contributed by atoms with van der Waals surface area (Å²) in [6.45, 7) is 0.475. The van der Waals surface area contributed by atoms with Gasteiger partial charge in [-0.15, -0.1) is 0 Å². The van der Waals surface area contributed by atoms with Gasteiger partial charge in [0, 0.05) is 24.1 Å². The van der Waals surface area contributed by atoms with Crippen LogP contribution in [0.2, 0.25) is 0 Å². The molecule has 0 saturated carbocycles. The van der Waals surface area contributed by atoms with Crippen LogP contribution in [0.1, 0.15) is 23.6 Å². The number of halogens is 1. The summed E-state index contributed by atoms with van der Waals surface area (Å²) < 4.78 is 18.2. The molecule has 0 aromatic heterocycles. The van der Waals surface area contributed by atoms with Crippen molar-refractivity contribution < 1.29 is 9.13 Å². The Morgan fingerprint density at radius 3 is 3.07 bits per heavy atom. The molecule has 2 rings (SSSR count). The molecule has 1 aromatic carbocycles. The molecule has 14 heavy (non-hydrogen) atoms. The van der Waals surface area contributed by atoms with Crippen LogP contribution in [0.15, 0.2) is 12.1 Å². The molecule has 1 aliphatic rings. The Morgan fingerprint density at radius 1 is 1.57 bits per heavy atom. The van der Waals surface area contributed by atoms with Crippen molar-refractivity contribution in [1.29, 1.82) is 5.26 Å². The minimum atomic E-state index is -0.464. The highest BCUT2D eigenvalue weighted by Gasteiger charge is 2.22. The van der Waals surface area contributed by atoms with E-state index in [1.807, 2.05) is 6.07 Å². The number of fused-ring (bicyclic) bond motifs is 1. The monoisotopic (exact) mass is 192 g/mol. The Balaban J connectivity index is 2.63. The van der Waals surface area contributed by atoms with Gasteiger partial charge in [-0.25, -0.2) is 4.39 Å². The number of nitrogens with two attached hydrogens (primary N) is 1. The lowest BCUT2D eigenvalue weighted by Crippen LogP contribution is -2.22. The summed E-state index contributed by atoms with van der Waals surface area (Å²) in [4.78, 5) is 0. The van der Waals surface area contributed by atoms with Gasteiger partial charge in [0.05, 0.1) is 18.2 Å². The van der Waals surface area contributed by atoms with Gasteiger partial charge in [-0.05, 0) is 6.07 Å². The molecule has 0 unspecified atom stereocenters. The van der Waals surface area contributed by atoms with Gasteiger partial charge in [0.1, 0.15) is 11.6 Å². The van der Waals surface area contributed by atoms with E-state index in [-0.39, 0.29) is 11.6 Å². The zero-order chi connectivity index (χ0) is 10.1. The maximum absolute atomic E-state index is 13.0. The van der Waals surface area contributed by atoms with Gasteiger partial charge in [-0.2, -0.15) is 5.26 Å². The van der Waals surface area contributed by atoms with E-state index >= 15 is 0 Å². The van der Waals surface area contributed by atoms with Gasteiger partial charge < -0.3 is 10.5 Å². The topological polar surface area (TPSA) is 59.0 Å². The summed E-state index contributed by atoms with van der Waals surface area (Å²) in [7, 11) is 0. The molecule has 3 nitrogen and oxygen atoms in total. The van der Waals surface area contributed by atoms with E-state index in [4.69, 9.17) is 15.7 Å². The van der Waals surface area contributed by atoms with Gasteiger partial charge in [0.2, 0.25) is 0 Å². The molecule has 4 heteroatoms. The largest absolute Gasteiger partial charge is 0.493 e. The zero-order valence-corrected chi connectivity index (χ0v) is 7.46. The molecule has 1 heterocycles. The van der Waals surface area contributed by atoms with Gasteiger partial charge in [-0.3, -0.25) is 0 Å².